The summed E-state index contributed by atoms with van der Waals surface area (Å²) in [5, 5.41) is 0. The predicted molar refractivity (Wildman–Crippen MR) is 86.7 cm³/mol. The Balaban J connectivity index is 2.49. The molecule has 0 spiro atoms. The Morgan fingerprint density at radius 1 is 1.05 bits per heavy atom. The summed E-state index contributed by atoms with van der Waals surface area (Å²) in [6, 6.07) is 13.7. The van der Waals surface area contributed by atoms with Crippen LogP contribution in [-0.2, 0) is 0 Å². The lowest BCUT2D eigenvalue weighted by Crippen LogP contribution is -2.16. The molecular weight excluding hydrogens is 264 g/mol. The van der Waals surface area contributed by atoms with Crippen molar-refractivity contribution >= 4 is 11.4 Å². The van der Waals surface area contributed by atoms with Crippen molar-refractivity contribution in [1.29, 1.82) is 0 Å². The Morgan fingerprint density at radius 2 is 1.76 bits per heavy atom. The Hall–Kier alpha value is -2.20. The molecule has 0 fully saturated rings. The highest BCUT2D eigenvalue weighted by molar-refractivity contribution is 5.70. The Kier molecular flexibility index (Phi) is 4.70. The molecule has 2 N–H and O–H groups in total. The van der Waals surface area contributed by atoms with E-state index in [4.69, 9.17) is 15.2 Å². The molecule has 2 aromatic carbocycles. The lowest BCUT2D eigenvalue weighted by atomic mass is 10.0. The van der Waals surface area contributed by atoms with Crippen molar-refractivity contribution < 1.29 is 9.47 Å². The zero-order valence-electron chi connectivity index (χ0n) is 13.0. The maximum absolute atomic E-state index is 6.13. The second-order valence-corrected chi connectivity index (χ2v) is 4.94. The van der Waals surface area contributed by atoms with Crippen molar-refractivity contribution in [2.75, 3.05) is 26.2 Å². The van der Waals surface area contributed by atoms with Gasteiger partial charge in [0.05, 0.1) is 14.2 Å². The summed E-state index contributed by atoms with van der Waals surface area (Å²) < 4.78 is 10.7. The maximum Gasteiger partial charge on any atom is 0.125 e. The van der Waals surface area contributed by atoms with Crippen LogP contribution in [0.15, 0.2) is 42.5 Å². The third kappa shape index (κ3) is 3.11. The van der Waals surface area contributed by atoms with Gasteiger partial charge in [0.15, 0.2) is 0 Å². The zero-order chi connectivity index (χ0) is 15.4. The fourth-order valence-corrected chi connectivity index (χ4v) is 2.42. The van der Waals surface area contributed by atoms with Crippen molar-refractivity contribution in [1.82, 2.24) is 0 Å². The van der Waals surface area contributed by atoms with Gasteiger partial charge in [0, 0.05) is 36.1 Å². The minimum atomic E-state index is -0.121. The van der Waals surface area contributed by atoms with Crippen LogP contribution in [0.25, 0.3) is 0 Å². The van der Waals surface area contributed by atoms with Crippen LogP contribution < -0.4 is 20.1 Å². The summed E-state index contributed by atoms with van der Waals surface area (Å²) in [6.07, 6.45) is 0. The van der Waals surface area contributed by atoms with Crippen molar-refractivity contribution in [2.45, 2.75) is 13.0 Å². The third-order valence-corrected chi connectivity index (χ3v) is 3.52. The van der Waals surface area contributed by atoms with Gasteiger partial charge in [-0.3, -0.25) is 0 Å². The van der Waals surface area contributed by atoms with Crippen LogP contribution in [0.2, 0.25) is 0 Å². The molecule has 0 aliphatic carbocycles. The molecule has 0 aliphatic rings. The van der Waals surface area contributed by atoms with Gasteiger partial charge in [0.2, 0.25) is 0 Å². The van der Waals surface area contributed by atoms with Crippen LogP contribution >= 0.6 is 0 Å². The van der Waals surface area contributed by atoms with Gasteiger partial charge in [-0.15, -0.1) is 0 Å². The highest BCUT2D eigenvalue weighted by atomic mass is 16.5. The van der Waals surface area contributed by atoms with E-state index in [-0.39, 0.29) is 6.04 Å². The minimum absolute atomic E-state index is 0.121. The summed E-state index contributed by atoms with van der Waals surface area (Å²) in [5.74, 6) is 1.63. The molecule has 0 radical (unpaired) electrons. The van der Waals surface area contributed by atoms with Crippen molar-refractivity contribution in [3.05, 3.63) is 48.0 Å². The summed E-state index contributed by atoms with van der Waals surface area (Å²) >= 11 is 0. The molecule has 0 bridgehead atoms. The molecular formula is C17H22N2O2. The third-order valence-electron chi connectivity index (χ3n) is 3.52. The number of methoxy groups -OCH3 is 2. The quantitative estimate of drug-likeness (QED) is 0.914. The van der Waals surface area contributed by atoms with Crippen LogP contribution in [0.4, 0.5) is 11.4 Å². The molecule has 4 nitrogen and oxygen atoms in total. The van der Waals surface area contributed by atoms with Gasteiger partial charge in [-0.2, -0.15) is 0 Å². The second kappa shape index (κ2) is 6.50. The van der Waals surface area contributed by atoms with Gasteiger partial charge >= 0.3 is 0 Å². The molecule has 0 aromatic heterocycles. The van der Waals surface area contributed by atoms with Crippen LogP contribution in [0, 0.1) is 0 Å². The zero-order valence-corrected chi connectivity index (χ0v) is 13.0. The maximum atomic E-state index is 6.13. The molecule has 0 saturated heterocycles. The largest absolute Gasteiger partial charge is 0.497 e. The standard InChI is InChI=1S/C17H22N2O2/c1-12(18)17-15(9-6-10-16(17)21-4)19(2)13-7-5-8-14(11-13)20-3/h5-12H,18H2,1-4H3/t12-/m0/s1. The van der Waals surface area contributed by atoms with Crippen LogP contribution in [-0.4, -0.2) is 21.3 Å². The van der Waals surface area contributed by atoms with E-state index in [9.17, 15) is 0 Å². The Labute approximate surface area is 126 Å². The first kappa shape index (κ1) is 15.2. The van der Waals surface area contributed by atoms with Gasteiger partial charge in [0.1, 0.15) is 11.5 Å². The minimum Gasteiger partial charge on any atom is -0.497 e. The van der Waals surface area contributed by atoms with Crippen molar-refractivity contribution in [3.63, 3.8) is 0 Å². The van der Waals surface area contributed by atoms with E-state index >= 15 is 0 Å². The number of ether oxygens (including phenoxy) is 2. The number of hydrogen-bond donors (Lipinski definition) is 1. The van der Waals surface area contributed by atoms with Crippen LogP contribution in [0.1, 0.15) is 18.5 Å². The lowest BCUT2D eigenvalue weighted by molar-refractivity contribution is 0.407. The lowest BCUT2D eigenvalue weighted by Gasteiger charge is -2.25. The Morgan fingerprint density at radius 3 is 2.38 bits per heavy atom. The predicted octanol–water partition coefficient (Wildman–Crippen LogP) is 3.49. The van der Waals surface area contributed by atoms with E-state index < -0.39 is 0 Å². The van der Waals surface area contributed by atoms with E-state index in [2.05, 4.69) is 4.90 Å². The average Bonchev–Trinajstić information content (AvgIpc) is 2.53. The summed E-state index contributed by atoms with van der Waals surface area (Å²) in [4.78, 5) is 2.09. The van der Waals surface area contributed by atoms with Crippen molar-refractivity contribution in [3.8, 4) is 11.5 Å². The molecule has 0 heterocycles. The molecule has 1 atom stereocenters. The van der Waals surface area contributed by atoms with Gasteiger partial charge in [-0.05, 0) is 31.2 Å². The van der Waals surface area contributed by atoms with E-state index in [1.54, 1.807) is 14.2 Å². The molecule has 112 valence electrons. The van der Waals surface area contributed by atoms with Gasteiger partial charge < -0.3 is 20.1 Å². The number of benzene rings is 2. The number of hydrogen-bond acceptors (Lipinski definition) is 4. The molecule has 4 heteroatoms. The first-order valence-electron chi connectivity index (χ1n) is 6.88. The Bertz CT molecular complexity index is 611. The SMILES string of the molecule is COc1cccc(N(C)c2cccc(OC)c2[C@H](C)N)c1. The first-order chi connectivity index (χ1) is 10.1. The summed E-state index contributed by atoms with van der Waals surface area (Å²) in [6.45, 7) is 1.96. The molecule has 0 aliphatic heterocycles. The van der Waals surface area contributed by atoms with Crippen LogP contribution in [0.3, 0.4) is 0 Å². The highest BCUT2D eigenvalue weighted by Gasteiger charge is 2.17. The molecule has 2 aromatic rings. The fraction of sp³-hybridized carbons (Fsp3) is 0.294. The average molecular weight is 286 g/mol. The summed E-state index contributed by atoms with van der Waals surface area (Å²) in [7, 11) is 5.34. The molecule has 21 heavy (non-hydrogen) atoms. The summed E-state index contributed by atoms with van der Waals surface area (Å²) in [5.41, 5.74) is 9.18. The van der Waals surface area contributed by atoms with Crippen molar-refractivity contribution in [2.24, 2.45) is 5.73 Å². The normalized spacial score (nSPS) is 11.9. The van der Waals surface area contributed by atoms with Crippen LogP contribution in [0.5, 0.6) is 11.5 Å². The van der Waals surface area contributed by atoms with Gasteiger partial charge in [-0.25, -0.2) is 0 Å². The van der Waals surface area contributed by atoms with Gasteiger partial charge in [0.25, 0.3) is 0 Å². The first-order valence-corrected chi connectivity index (χ1v) is 6.88. The van der Waals surface area contributed by atoms with E-state index in [1.807, 2.05) is 56.4 Å². The molecule has 0 amide bonds. The monoisotopic (exact) mass is 286 g/mol. The molecule has 2 rings (SSSR count). The number of anilines is 2. The fourth-order valence-electron chi connectivity index (χ4n) is 2.42. The van der Waals surface area contributed by atoms with Gasteiger partial charge in [-0.1, -0.05) is 12.1 Å². The number of nitrogens with zero attached hydrogens (tertiary/aromatic N) is 1. The smallest absolute Gasteiger partial charge is 0.125 e. The topological polar surface area (TPSA) is 47.7 Å². The second-order valence-electron chi connectivity index (χ2n) is 4.94. The van der Waals surface area contributed by atoms with E-state index in [0.717, 1.165) is 28.4 Å². The van der Waals surface area contributed by atoms with E-state index in [1.165, 1.54) is 0 Å². The highest BCUT2D eigenvalue weighted by Crippen LogP contribution is 2.36. The number of rotatable bonds is 5. The van der Waals surface area contributed by atoms with E-state index in [0.29, 0.717) is 0 Å². The molecule has 0 unspecified atom stereocenters. The number of nitrogens with two attached hydrogens (primary N) is 1. The molecule has 0 saturated carbocycles.